The summed E-state index contributed by atoms with van der Waals surface area (Å²) >= 11 is 0. The van der Waals surface area contributed by atoms with E-state index in [4.69, 9.17) is 2.74 Å². The molecule has 10 aromatic rings. The number of hydrogen-bond acceptors (Lipinski definition) is 2. The first-order valence-electron chi connectivity index (χ1n) is 21.1. The summed E-state index contributed by atoms with van der Waals surface area (Å²) < 4.78 is 39.0. The Balaban J connectivity index is 0.991. The normalized spacial score (nSPS) is 12.1. The van der Waals surface area contributed by atoms with Gasteiger partial charge in [-0.1, -0.05) is 139 Å². The number of rotatable bonds is 9. The molecule has 1 aromatic heterocycles. The van der Waals surface area contributed by atoms with E-state index in [1.807, 2.05) is 97.1 Å². The van der Waals surface area contributed by atoms with E-state index >= 15 is 0 Å². The fourth-order valence-electron chi connectivity index (χ4n) is 7.74. The second-order valence-electron chi connectivity index (χ2n) is 13.9. The lowest BCUT2D eigenvalue weighted by atomic mass is 9.99. The monoisotopic (exact) mass is 733 g/mol. The second kappa shape index (κ2) is 14.9. The van der Waals surface area contributed by atoms with Crippen molar-refractivity contribution < 1.29 is 5.48 Å². The van der Waals surface area contributed by atoms with Crippen LogP contribution in [-0.4, -0.2) is 4.57 Å². The topological polar surface area (TPSA) is 11.4 Å². The van der Waals surface area contributed by atoms with Gasteiger partial charge < -0.3 is 14.4 Å². The molecule has 0 aliphatic rings. The van der Waals surface area contributed by atoms with Crippen molar-refractivity contribution in [3.63, 3.8) is 0 Å². The number of fused-ring (bicyclic) bond motifs is 3. The Morgan fingerprint density at radius 2 is 0.702 bits per heavy atom. The highest BCUT2D eigenvalue weighted by atomic mass is 15.1. The summed E-state index contributed by atoms with van der Waals surface area (Å²) in [7, 11) is 0. The predicted molar refractivity (Wildman–Crippen MR) is 241 cm³/mol. The molecule has 57 heavy (non-hydrogen) atoms. The van der Waals surface area contributed by atoms with Gasteiger partial charge in [0.1, 0.15) is 0 Å². The Kier molecular flexibility index (Phi) is 7.76. The van der Waals surface area contributed by atoms with Crippen LogP contribution >= 0.6 is 0 Å². The minimum Gasteiger partial charge on any atom is -0.311 e. The molecule has 0 saturated heterocycles. The quantitative estimate of drug-likeness (QED) is 0.146. The Morgan fingerprint density at radius 3 is 1.26 bits per heavy atom. The van der Waals surface area contributed by atoms with Crippen LogP contribution in [0.3, 0.4) is 0 Å². The fraction of sp³-hybridized carbons (Fsp3) is 0. The third-order valence-electron chi connectivity index (χ3n) is 10.4. The molecule has 0 fully saturated rings. The van der Waals surface area contributed by atoms with Gasteiger partial charge in [-0.2, -0.15) is 0 Å². The third-order valence-corrected chi connectivity index (χ3v) is 10.4. The number of benzene rings is 9. The van der Waals surface area contributed by atoms with Crippen LogP contribution in [0.25, 0.3) is 49.7 Å². The highest BCUT2D eigenvalue weighted by Crippen LogP contribution is 2.41. The maximum atomic E-state index is 9.18. The second-order valence-corrected chi connectivity index (χ2v) is 13.9. The highest BCUT2D eigenvalue weighted by Gasteiger charge is 2.18. The Morgan fingerprint density at radius 1 is 0.298 bits per heavy atom. The number of hydrogen-bond donors (Lipinski definition) is 0. The molecular formula is C54H39N3. The molecule has 3 nitrogen and oxygen atoms in total. The minimum atomic E-state index is -0.104. The van der Waals surface area contributed by atoms with Crippen molar-refractivity contribution in [2.45, 2.75) is 0 Å². The minimum absolute atomic E-state index is 0.0891. The van der Waals surface area contributed by atoms with Gasteiger partial charge in [-0.05, 0) is 119 Å². The van der Waals surface area contributed by atoms with Gasteiger partial charge in [0.15, 0.2) is 0 Å². The van der Waals surface area contributed by atoms with Gasteiger partial charge in [0, 0.05) is 50.6 Å². The van der Waals surface area contributed by atoms with Crippen molar-refractivity contribution in [2.75, 3.05) is 9.80 Å². The Labute approximate surface area is 339 Å². The van der Waals surface area contributed by atoms with E-state index in [1.165, 1.54) is 10.8 Å². The van der Waals surface area contributed by atoms with Crippen molar-refractivity contribution in [1.82, 2.24) is 4.57 Å². The average molecular weight is 734 g/mol. The van der Waals surface area contributed by atoms with Crippen molar-refractivity contribution in [2.24, 2.45) is 0 Å². The van der Waals surface area contributed by atoms with Crippen molar-refractivity contribution in [3.8, 4) is 27.9 Å². The zero-order valence-electron chi connectivity index (χ0n) is 35.0. The van der Waals surface area contributed by atoms with Gasteiger partial charge in [0.05, 0.1) is 16.5 Å². The summed E-state index contributed by atoms with van der Waals surface area (Å²) in [5.74, 6) is 0. The third kappa shape index (κ3) is 6.52. The molecule has 0 spiro atoms. The van der Waals surface area contributed by atoms with Crippen LogP contribution in [0.1, 0.15) is 5.48 Å². The van der Waals surface area contributed by atoms with E-state index < -0.39 is 0 Å². The van der Waals surface area contributed by atoms with Crippen molar-refractivity contribution in [3.05, 3.63) is 236 Å². The van der Waals surface area contributed by atoms with Crippen LogP contribution in [-0.2, 0) is 0 Å². The van der Waals surface area contributed by atoms with Crippen molar-refractivity contribution >= 4 is 55.9 Å². The molecule has 1 heterocycles. The lowest BCUT2D eigenvalue weighted by Gasteiger charge is -2.26. The molecule has 9 aromatic carbocycles. The molecule has 0 saturated carbocycles. The number of aromatic nitrogens is 1. The molecule has 3 heteroatoms. The van der Waals surface area contributed by atoms with Crippen LogP contribution in [0.5, 0.6) is 0 Å². The largest absolute Gasteiger partial charge is 0.311 e. The molecule has 0 bridgehead atoms. The lowest BCUT2D eigenvalue weighted by molar-refractivity contribution is 1.18. The number of anilines is 6. The van der Waals surface area contributed by atoms with Gasteiger partial charge in [-0.3, -0.25) is 0 Å². The molecule has 10 rings (SSSR count). The SMILES string of the molecule is [2H]c1c([2H])c(N(c2ccccc2)c2ccccc2)c([2H])c([2H])c1-c1ccc(-c2ccc(N(c3ccccc3)c3ccc4c(c3)c3ccccc3n4-c3ccccc3)cc2)cc1. The molecule has 270 valence electrons. The van der Waals surface area contributed by atoms with E-state index in [-0.39, 0.29) is 35.4 Å². The van der Waals surface area contributed by atoms with E-state index in [9.17, 15) is 2.74 Å². The smallest absolute Gasteiger partial charge is 0.0645 e. The zero-order valence-corrected chi connectivity index (χ0v) is 31.0. The zero-order chi connectivity index (χ0) is 41.5. The van der Waals surface area contributed by atoms with E-state index in [2.05, 4.69) is 125 Å². The predicted octanol–water partition coefficient (Wildman–Crippen LogP) is 15.1. The van der Waals surface area contributed by atoms with Gasteiger partial charge >= 0.3 is 0 Å². The van der Waals surface area contributed by atoms with Crippen LogP contribution in [0.4, 0.5) is 34.1 Å². The van der Waals surface area contributed by atoms with Crippen molar-refractivity contribution in [1.29, 1.82) is 0 Å². The molecule has 0 amide bonds. The standard InChI is InChI=1S/C54H39N3/c1-5-15-44(16-6-1)55(45-17-7-2-8-18-45)48-33-29-42(30-34-48)40-25-27-41(28-26-40)43-31-35-49(36-32-43)56(46-19-9-3-10-20-46)50-37-38-54-52(39-50)51-23-13-14-24-53(51)57(54)47-21-11-4-12-22-47/h1-39H/i29D,30D,33D,34D. The Bertz CT molecular complexity index is 3090. The van der Waals surface area contributed by atoms with Crippen LogP contribution in [0.15, 0.2) is 236 Å². The summed E-state index contributed by atoms with van der Waals surface area (Å²) in [5.41, 5.74) is 11.1. The first-order valence-corrected chi connectivity index (χ1v) is 19.1. The van der Waals surface area contributed by atoms with Gasteiger partial charge in [0.2, 0.25) is 0 Å². The fourth-order valence-corrected chi connectivity index (χ4v) is 7.74. The number of nitrogens with zero attached hydrogens (tertiary/aromatic N) is 3. The summed E-state index contributed by atoms with van der Waals surface area (Å²) in [6.07, 6.45) is 0. The average Bonchev–Trinajstić information content (AvgIpc) is 3.65. The molecule has 0 aliphatic carbocycles. The number of para-hydroxylation sites is 5. The van der Waals surface area contributed by atoms with Crippen LogP contribution < -0.4 is 9.80 Å². The molecule has 0 aliphatic heterocycles. The van der Waals surface area contributed by atoms with Gasteiger partial charge in [-0.25, -0.2) is 0 Å². The van der Waals surface area contributed by atoms with Gasteiger partial charge in [0.25, 0.3) is 0 Å². The van der Waals surface area contributed by atoms with Gasteiger partial charge in [-0.15, -0.1) is 0 Å². The van der Waals surface area contributed by atoms with Crippen LogP contribution in [0, 0.1) is 0 Å². The molecule has 0 N–H and O–H groups in total. The maximum Gasteiger partial charge on any atom is 0.0645 e. The summed E-state index contributed by atoms with van der Waals surface area (Å²) in [6.45, 7) is 0. The lowest BCUT2D eigenvalue weighted by Crippen LogP contribution is -2.09. The summed E-state index contributed by atoms with van der Waals surface area (Å²) in [6, 6.07) is 71.1. The van der Waals surface area contributed by atoms with E-state index in [0.29, 0.717) is 5.56 Å². The molecule has 0 unspecified atom stereocenters. The Hall–Kier alpha value is -7.62. The highest BCUT2D eigenvalue weighted by molar-refractivity contribution is 6.10. The maximum absolute atomic E-state index is 9.18. The summed E-state index contributed by atoms with van der Waals surface area (Å²) in [4.78, 5) is 4.07. The van der Waals surface area contributed by atoms with E-state index in [1.54, 1.807) is 4.90 Å². The molecular weight excluding hydrogens is 691 g/mol. The molecule has 0 radical (unpaired) electrons. The van der Waals surface area contributed by atoms with Crippen LogP contribution in [0.2, 0.25) is 0 Å². The van der Waals surface area contributed by atoms with E-state index in [0.717, 1.165) is 56.3 Å². The summed E-state index contributed by atoms with van der Waals surface area (Å²) in [5, 5.41) is 2.37. The first kappa shape index (κ1) is 29.7. The first-order chi connectivity index (χ1) is 30.0. The molecule has 0 atom stereocenters.